The molecule has 0 saturated heterocycles. The van der Waals surface area contributed by atoms with Gasteiger partial charge in [-0.1, -0.05) is 49.1 Å². The number of hydrogen-bond acceptors (Lipinski definition) is 3. The zero-order valence-corrected chi connectivity index (χ0v) is 12.5. The van der Waals surface area contributed by atoms with Crippen molar-refractivity contribution in [3.63, 3.8) is 0 Å². The van der Waals surface area contributed by atoms with E-state index in [1.54, 1.807) is 7.05 Å². The number of aryl methyl sites for hydroxylation is 1. The molecule has 0 aromatic heterocycles. The number of likely N-dealkylation sites (N-methyl/N-ethyl adjacent to an activating group) is 1. The van der Waals surface area contributed by atoms with Gasteiger partial charge in [-0.05, 0) is 30.2 Å². The first-order valence-electron chi connectivity index (χ1n) is 6.81. The van der Waals surface area contributed by atoms with Gasteiger partial charge in [0.25, 0.3) is 0 Å². The number of benzene rings is 2. The summed E-state index contributed by atoms with van der Waals surface area (Å²) in [7, 11) is 1.81. The van der Waals surface area contributed by atoms with Crippen molar-refractivity contribution in [1.29, 1.82) is 0 Å². The maximum atomic E-state index is 6.03. The summed E-state index contributed by atoms with van der Waals surface area (Å²) in [5.41, 5.74) is 12.5. The highest BCUT2D eigenvalue weighted by molar-refractivity contribution is 5.77. The molecule has 0 atom stereocenters. The summed E-state index contributed by atoms with van der Waals surface area (Å²) in [6, 6.07) is 14.3. The molecule has 0 unspecified atom stereocenters. The largest absolute Gasteiger partial charge is 0.397 e. The quantitative estimate of drug-likeness (QED) is 0.574. The van der Waals surface area contributed by atoms with E-state index in [1.807, 2.05) is 18.2 Å². The minimum Gasteiger partial charge on any atom is -0.397 e. The van der Waals surface area contributed by atoms with Gasteiger partial charge in [-0.25, -0.2) is 0 Å². The van der Waals surface area contributed by atoms with Gasteiger partial charge in [-0.15, -0.1) is 0 Å². The molecule has 2 rings (SSSR count). The zero-order valence-electron chi connectivity index (χ0n) is 12.5. The molecular weight excluding hydrogens is 258 g/mol. The van der Waals surface area contributed by atoms with Gasteiger partial charge in [-0.2, -0.15) is 0 Å². The predicted octanol–water partition coefficient (Wildman–Crippen LogP) is 3.90. The van der Waals surface area contributed by atoms with Gasteiger partial charge in [0, 0.05) is 12.7 Å². The molecule has 0 spiro atoms. The Hall–Kier alpha value is -2.68. The van der Waals surface area contributed by atoms with Crippen LogP contribution in [0.5, 0.6) is 0 Å². The van der Waals surface area contributed by atoms with E-state index in [9.17, 15) is 0 Å². The fraction of sp³-hybridized carbons (Fsp3) is 0.111. The molecule has 0 bridgehead atoms. The fourth-order valence-corrected chi connectivity index (χ4v) is 1.98. The van der Waals surface area contributed by atoms with E-state index in [0.717, 1.165) is 22.5 Å². The molecular formula is C18H21N3. The lowest BCUT2D eigenvalue weighted by Crippen LogP contribution is -2.12. The Labute approximate surface area is 126 Å². The first-order valence-corrected chi connectivity index (χ1v) is 6.81. The summed E-state index contributed by atoms with van der Waals surface area (Å²) in [6.07, 6.45) is 0. The van der Waals surface area contributed by atoms with E-state index in [-0.39, 0.29) is 0 Å². The molecule has 3 nitrogen and oxygen atoms in total. The molecule has 2 aromatic rings. The van der Waals surface area contributed by atoms with Crippen LogP contribution < -0.4 is 16.4 Å². The zero-order chi connectivity index (χ0) is 15.4. The molecule has 0 aliphatic carbocycles. The molecule has 0 fully saturated rings. The summed E-state index contributed by atoms with van der Waals surface area (Å²) in [6.45, 7) is 9.90. The predicted molar refractivity (Wildman–Crippen MR) is 92.0 cm³/mol. The van der Waals surface area contributed by atoms with Gasteiger partial charge in [-0.3, -0.25) is 0 Å². The summed E-state index contributed by atoms with van der Waals surface area (Å²) >= 11 is 0. The topological polar surface area (TPSA) is 50.1 Å². The van der Waals surface area contributed by atoms with Crippen LogP contribution in [-0.4, -0.2) is 7.05 Å². The summed E-state index contributed by atoms with van der Waals surface area (Å²) in [4.78, 5) is 0. The normalized spacial score (nSPS) is 10.0. The van der Waals surface area contributed by atoms with E-state index >= 15 is 0 Å². The SMILES string of the molecule is C=C(NC)C(=C)Nc1cc(-c2ccc(C)cc2)ccc1N. The first-order chi connectivity index (χ1) is 10.0. The van der Waals surface area contributed by atoms with Gasteiger partial charge in [0.15, 0.2) is 0 Å². The lowest BCUT2D eigenvalue weighted by molar-refractivity contribution is 1.01. The summed E-state index contributed by atoms with van der Waals surface area (Å²) in [5, 5.41) is 6.16. The molecule has 0 heterocycles. The van der Waals surface area contributed by atoms with Crippen LogP contribution in [0.25, 0.3) is 11.1 Å². The van der Waals surface area contributed by atoms with Gasteiger partial charge in [0.1, 0.15) is 0 Å². The molecule has 0 saturated carbocycles. The molecule has 21 heavy (non-hydrogen) atoms. The molecule has 108 valence electrons. The Morgan fingerprint density at radius 3 is 2.19 bits per heavy atom. The van der Waals surface area contributed by atoms with Crippen molar-refractivity contribution < 1.29 is 0 Å². The minimum atomic E-state index is 0.677. The van der Waals surface area contributed by atoms with Crippen LogP contribution in [0.1, 0.15) is 5.56 Å². The fourth-order valence-electron chi connectivity index (χ4n) is 1.98. The lowest BCUT2D eigenvalue weighted by atomic mass is 10.0. The minimum absolute atomic E-state index is 0.677. The van der Waals surface area contributed by atoms with E-state index in [0.29, 0.717) is 11.4 Å². The average Bonchev–Trinajstić information content (AvgIpc) is 2.49. The number of nitrogen functional groups attached to an aromatic ring is 1. The third-order valence-electron chi connectivity index (χ3n) is 3.39. The number of rotatable bonds is 5. The summed E-state index contributed by atoms with van der Waals surface area (Å²) in [5.74, 6) is 0. The molecule has 0 amide bonds. The number of nitrogens with one attached hydrogen (secondary N) is 2. The van der Waals surface area contributed by atoms with Crippen molar-refractivity contribution in [3.05, 3.63) is 72.6 Å². The van der Waals surface area contributed by atoms with Gasteiger partial charge in [0.2, 0.25) is 0 Å². The third kappa shape index (κ3) is 3.45. The van der Waals surface area contributed by atoms with Crippen molar-refractivity contribution in [2.24, 2.45) is 0 Å². The Balaban J connectivity index is 2.31. The first kappa shape index (κ1) is 14.7. The molecule has 4 N–H and O–H groups in total. The van der Waals surface area contributed by atoms with Crippen LogP contribution in [0.4, 0.5) is 11.4 Å². The van der Waals surface area contributed by atoms with Gasteiger partial charge < -0.3 is 16.4 Å². The smallest absolute Gasteiger partial charge is 0.0624 e. The van der Waals surface area contributed by atoms with Crippen molar-refractivity contribution in [3.8, 4) is 11.1 Å². The Kier molecular flexibility index (Phi) is 4.33. The maximum Gasteiger partial charge on any atom is 0.0624 e. The third-order valence-corrected chi connectivity index (χ3v) is 3.39. The van der Waals surface area contributed by atoms with Crippen molar-refractivity contribution in [1.82, 2.24) is 5.32 Å². The average molecular weight is 279 g/mol. The highest BCUT2D eigenvalue weighted by Crippen LogP contribution is 2.28. The molecule has 0 radical (unpaired) electrons. The summed E-state index contributed by atoms with van der Waals surface area (Å²) < 4.78 is 0. The maximum absolute atomic E-state index is 6.03. The highest BCUT2D eigenvalue weighted by atomic mass is 15.0. The molecule has 3 heteroatoms. The van der Waals surface area contributed by atoms with Crippen LogP contribution >= 0.6 is 0 Å². The van der Waals surface area contributed by atoms with Crippen molar-refractivity contribution >= 4 is 11.4 Å². The van der Waals surface area contributed by atoms with Crippen molar-refractivity contribution in [2.75, 3.05) is 18.1 Å². The van der Waals surface area contributed by atoms with Crippen LogP contribution in [0.3, 0.4) is 0 Å². The van der Waals surface area contributed by atoms with Gasteiger partial charge in [0.05, 0.1) is 17.1 Å². The Morgan fingerprint density at radius 1 is 0.952 bits per heavy atom. The molecule has 0 aliphatic heterocycles. The second kappa shape index (κ2) is 6.18. The van der Waals surface area contributed by atoms with Crippen LogP contribution in [0.2, 0.25) is 0 Å². The van der Waals surface area contributed by atoms with E-state index in [1.165, 1.54) is 5.56 Å². The van der Waals surface area contributed by atoms with E-state index in [2.05, 4.69) is 55.0 Å². The van der Waals surface area contributed by atoms with Crippen LogP contribution in [-0.2, 0) is 0 Å². The number of anilines is 2. The van der Waals surface area contributed by atoms with Crippen molar-refractivity contribution in [2.45, 2.75) is 6.92 Å². The van der Waals surface area contributed by atoms with E-state index < -0.39 is 0 Å². The second-order valence-corrected chi connectivity index (χ2v) is 5.00. The Morgan fingerprint density at radius 2 is 1.57 bits per heavy atom. The molecule has 2 aromatic carbocycles. The van der Waals surface area contributed by atoms with Crippen LogP contribution in [0, 0.1) is 6.92 Å². The second-order valence-electron chi connectivity index (χ2n) is 5.00. The molecule has 0 aliphatic rings. The van der Waals surface area contributed by atoms with Crippen LogP contribution in [0.15, 0.2) is 67.0 Å². The van der Waals surface area contributed by atoms with E-state index in [4.69, 9.17) is 5.73 Å². The highest BCUT2D eigenvalue weighted by Gasteiger charge is 2.05. The standard InChI is InChI=1S/C18H21N3/c1-12-5-7-15(8-6-12)16-9-10-17(19)18(11-16)21-14(3)13(2)20-4/h5-11,20-21H,2-3,19H2,1,4H3. The Bertz CT molecular complexity index is 669. The lowest BCUT2D eigenvalue weighted by Gasteiger charge is -2.15. The monoisotopic (exact) mass is 279 g/mol. The number of nitrogens with two attached hydrogens (primary N) is 1. The van der Waals surface area contributed by atoms with Gasteiger partial charge >= 0.3 is 0 Å². The number of hydrogen-bond donors (Lipinski definition) is 3.